The average Bonchev–Trinajstić information content (AvgIpc) is 2.37. The van der Waals surface area contributed by atoms with Crippen LogP contribution in [0.2, 0.25) is 0 Å². The van der Waals surface area contributed by atoms with Crippen molar-refractivity contribution in [2.45, 2.75) is 33.1 Å². The minimum absolute atomic E-state index is 0.0544. The van der Waals surface area contributed by atoms with Crippen LogP contribution in [0.15, 0.2) is 24.3 Å². The molecule has 1 rings (SSSR count). The summed E-state index contributed by atoms with van der Waals surface area (Å²) in [6.45, 7) is 12.2. The minimum Gasteiger partial charge on any atom is -0.378 e. The highest BCUT2D eigenvalue weighted by Gasteiger charge is 2.16. The highest BCUT2D eigenvalue weighted by atomic mass is 35.5. The second kappa shape index (κ2) is 8.65. The molecule has 1 unspecified atom stereocenters. The first-order chi connectivity index (χ1) is 9.79. The summed E-state index contributed by atoms with van der Waals surface area (Å²) >= 11 is 6.64. The molecule has 0 fully saturated rings. The fraction of sp³-hybridized carbons (Fsp3) is 0.667. The summed E-state index contributed by atoms with van der Waals surface area (Å²) in [7, 11) is 4.11. The van der Waals surface area contributed by atoms with E-state index in [9.17, 15) is 0 Å². The first-order valence-corrected chi connectivity index (χ1v) is 8.37. The van der Waals surface area contributed by atoms with Gasteiger partial charge in [-0.25, -0.2) is 0 Å². The van der Waals surface area contributed by atoms with E-state index in [4.69, 9.17) is 11.6 Å². The Morgan fingerprint density at radius 1 is 0.857 bits per heavy atom. The van der Waals surface area contributed by atoms with E-state index in [-0.39, 0.29) is 5.38 Å². The van der Waals surface area contributed by atoms with Crippen molar-refractivity contribution in [3.05, 3.63) is 29.8 Å². The molecule has 0 saturated carbocycles. The topological polar surface area (TPSA) is 6.48 Å². The van der Waals surface area contributed by atoms with Crippen molar-refractivity contribution in [1.29, 1.82) is 0 Å². The number of anilines is 1. The molecule has 0 heterocycles. The van der Waals surface area contributed by atoms with Gasteiger partial charge < -0.3 is 9.80 Å². The van der Waals surface area contributed by atoms with Gasteiger partial charge in [0.1, 0.15) is 0 Å². The van der Waals surface area contributed by atoms with Crippen LogP contribution in [-0.4, -0.2) is 38.6 Å². The molecule has 0 spiro atoms. The van der Waals surface area contributed by atoms with Gasteiger partial charge in [0.05, 0.1) is 5.38 Å². The van der Waals surface area contributed by atoms with E-state index < -0.39 is 0 Å². The number of halogens is 1. The zero-order chi connectivity index (χ0) is 16.0. The van der Waals surface area contributed by atoms with Gasteiger partial charge in [-0.05, 0) is 29.5 Å². The molecule has 0 amide bonds. The first-order valence-electron chi connectivity index (χ1n) is 7.93. The fourth-order valence-corrected chi connectivity index (χ4v) is 2.91. The molecule has 0 saturated heterocycles. The molecule has 3 heteroatoms. The summed E-state index contributed by atoms with van der Waals surface area (Å²) in [4.78, 5) is 4.60. The van der Waals surface area contributed by atoms with E-state index in [1.807, 2.05) is 0 Å². The van der Waals surface area contributed by atoms with Gasteiger partial charge in [0.25, 0.3) is 0 Å². The highest BCUT2D eigenvalue weighted by molar-refractivity contribution is 6.21. The van der Waals surface area contributed by atoms with Crippen LogP contribution in [-0.2, 0) is 0 Å². The van der Waals surface area contributed by atoms with Crippen LogP contribution in [0.1, 0.15) is 38.6 Å². The summed E-state index contributed by atoms with van der Waals surface area (Å²) in [5.41, 5.74) is 2.42. The lowest BCUT2D eigenvalue weighted by atomic mass is 10.1. The van der Waals surface area contributed by atoms with Crippen molar-refractivity contribution in [2.75, 3.05) is 38.6 Å². The molecule has 0 aliphatic carbocycles. The zero-order valence-corrected chi connectivity index (χ0v) is 15.2. The molecule has 0 aliphatic heterocycles. The third-order valence-electron chi connectivity index (χ3n) is 3.44. The third kappa shape index (κ3) is 6.71. The van der Waals surface area contributed by atoms with E-state index in [2.05, 4.69) is 75.9 Å². The number of alkyl halides is 1. The Labute approximate surface area is 136 Å². The largest absolute Gasteiger partial charge is 0.378 e. The molecule has 120 valence electrons. The molecule has 1 aromatic carbocycles. The van der Waals surface area contributed by atoms with Crippen molar-refractivity contribution in [2.24, 2.45) is 11.8 Å². The summed E-state index contributed by atoms with van der Waals surface area (Å²) in [5.74, 6) is 1.34. The van der Waals surface area contributed by atoms with Crippen LogP contribution < -0.4 is 4.90 Å². The quantitative estimate of drug-likeness (QED) is 0.645. The molecule has 0 N–H and O–H groups in total. The monoisotopic (exact) mass is 310 g/mol. The lowest BCUT2D eigenvalue weighted by Crippen LogP contribution is -2.34. The fourth-order valence-electron chi connectivity index (χ4n) is 2.57. The van der Waals surface area contributed by atoms with Crippen molar-refractivity contribution in [1.82, 2.24) is 4.90 Å². The maximum absolute atomic E-state index is 6.64. The van der Waals surface area contributed by atoms with Crippen LogP contribution in [0.4, 0.5) is 5.69 Å². The first kappa shape index (κ1) is 18.3. The predicted octanol–water partition coefficient (Wildman–Crippen LogP) is 4.65. The Morgan fingerprint density at radius 2 is 1.33 bits per heavy atom. The molecule has 2 nitrogen and oxygen atoms in total. The summed E-state index contributed by atoms with van der Waals surface area (Å²) in [5, 5.41) is 0.0544. The van der Waals surface area contributed by atoms with Gasteiger partial charge in [0, 0.05) is 39.4 Å². The van der Waals surface area contributed by atoms with E-state index in [0.29, 0.717) is 11.8 Å². The van der Waals surface area contributed by atoms with Crippen LogP contribution >= 0.6 is 11.6 Å². The molecule has 0 radical (unpaired) electrons. The molecule has 1 aromatic rings. The standard InChI is InChI=1S/C18H31ClN2/c1-14(2)11-21(12-15(3)4)13-18(19)16-7-9-17(10-8-16)20(5)6/h7-10,14-15,18H,11-13H2,1-6H3. The number of hydrogen-bond donors (Lipinski definition) is 0. The predicted molar refractivity (Wildman–Crippen MR) is 95.5 cm³/mol. The maximum Gasteiger partial charge on any atom is 0.0712 e. The summed E-state index contributed by atoms with van der Waals surface area (Å²) in [6.07, 6.45) is 0. The van der Waals surface area contributed by atoms with Crippen LogP contribution in [0.5, 0.6) is 0 Å². The van der Waals surface area contributed by atoms with Gasteiger partial charge in [0.2, 0.25) is 0 Å². The van der Waals surface area contributed by atoms with Crippen molar-refractivity contribution in [3.63, 3.8) is 0 Å². The van der Waals surface area contributed by atoms with Gasteiger partial charge >= 0.3 is 0 Å². The van der Waals surface area contributed by atoms with Crippen LogP contribution in [0.25, 0.3) is 0 Å². The normalized spacial score (nSPS) is 13.2. The number of rotatable bonds is 8. The van der Waals surface area contributed by atoms with E-state index in [1.165, 1.54) is 11.3 Å². The lowest BCUT2D eigenvalue weighted by Gasteiger charge is -2.28. The molecular weight excluding hydrogens is 280 g/mol. The Kier molecular flexibility index (Phi) is 7.55. The van der Waals surface area contributed by atoms with E-state index >= 15 is 0 Å². The Bertz CT molecular complexity index is 388. The van der Waals surface area contributed by atoms with Crippen LogP contribution in [0, 0.1) is 11.8 Å². The zero-order valence-electron chi connectivity index (χ0n) is 14.4. The van der Waals surface area contributed by atoms with Gasteiger partial charge in [-0.15, -0.1) is 11.6 Å². The Balaban J connectivity index is 2.69. The van der Waals surface area contributed by atoms with Crippen LogP contribution in [0.3, 0.4) is 0 Å². The molecule has 0 bridgehead atoms. The number of benzene rings is 1. The molecular formula is C18H31ClN2. The van der Waals surface area contributed by atoms with Crippen molar-refractivity contribution >= 4 is 17.3 Å². The lowest BCUT2D eigenvalue weighted by molar-refractivity contribution is 0.219. The maximum atomic E-state index is 6.64. The van der Waals surface area contributed by atoms with E-state index in [0.717, 1.165) is 19.6 Å². The van der Waals surface area contributed by atoms with Gasteiger partial charge in [-0.2, -0.15) is 0 Å². The van der Waals surface area contributed by atoms with Gasteiger partial charge in [-0.3, -0.25) is 0 Å². The van der Waals surface area contributed by atoms with Crippen molar-refractivity contribution < 1.29 is 0 Å². The molecule has 21 heavy (non-hydrogen) atoms. The minimum atomic E-state index is 0.0544. The number of hydrogen-bond acceptors (Lipinski definition) is 2. The highest BCUT2D eigenvalue weighted by Crippen LogP contribution is 2.24. The summed E-state index contributed by atoms with van der Waals surface area (Å²) in [6, 6.07) is 8.58. The van der Waals surface area contributed by atoms with Gasteiger partial charge in [0.15, 0.2) is 0 Å². The smallest absolute Gasteiger partial charge is 0.0712 e. The second-order valence-electron chi connectivity index (χ2n) is 6.96. The van der Waals surface area contributed by atoms with Crippen molar-refractivity contribution in [3.8, 4) is 0 Å². The van der Waals surface area contributed by atoms with Gasteiger partial charge in [-0.1, -0.05) is 39.8 Å². The number of nitrogens with zero attached hydrogens (tertiary/aromatic N) is 2. The molecule has 0 aliphatic rings. The third-order valence-corrected chi connectivity index (χ3v) is 3.83. The molecule has 1 atom stereocenters. The average molecular weight is 311 g/mol. The Hall–Kier alpha value is -0.730. The Morgan fingerprint density at radius 3 is 1.71 bits per heavy atom. The molecule has 0 aromatic heterocycles. The summed E-state index contributed by atoms with van der Waals surface area (Å²) < 4.78 is 0. The second-order valence-corrected chi connectivity index (χ2v) is 7.49. The van der Waals surface area contributed by atoms with E-state index in [1.54, 1.807) is 0 Å². The SMILES string of the molecule is CC(C)CN(CC(C)C)CC(Cl)c1ccc(N(C)C)cc1.